The zero-order valence-corrected chi connectivity index (χ0v) is 10.3. The number of hydrogen-bond donors (Lipinski definition) is 1. The van der Waals surface area contributed by atoms with Crippen molar-refractivity contribution in [3.8, 4) is 18.0 Å². The van der Waals surface area contributed by atoms with Gasteiger partial charge in [0, 0.05) is 0 Å². The van der Waals surface area contributed by atoms with Gasteiger partial charge in [0.05, 0.1) is 24.6 Å². The van der Waals surface area contributed by atoms with E-state index in [0.717, 1.165) is 5.69 Å². The molecule has 1 aromatic heterocycles. The third-order valence-corrected chi connectivity index (χ3v) is 3.61. The minimum atomic E-state index is -3.59. The molecule has 1 N–H and O–H groups in total. The van der Waals surface area contributed by atoms with E-state index in [1.54, 1.807) is 0 Å². The topological polar surface area (TPSA) is 64.0 Å². The molecule has 0 saturated heterocycles. The zero-order chi connectivity index (χ0) is 13.0. The lowest BCUT2D eigenvalue weighted by Gasteiger charge is -2.00. The molecule has 5 nitrogen and oxygen atoms in total. The summed E-state index contributed by atoms with van der Waals surface area (Å²) in [6.45, 7) is -0.0428. The van der Waals surface area contributed by atoms with Crippen LogP contribution in [0.2, 0.25) is 0 Å². The highest BCUT2D eigenvalue weighted by Gasteiger charge is 2.15. The standard InChI is InChI=1S/C12H11N3O2S/c1-2-8-14-18(16,17)12-9-13-15(10-12)11-6-4-3-5-7-11/h1,3-7,9-10,14H,8H2. The van der Waals surface area contributed by atoms with Crippen LogP contribution in [0.3, 0.4) is 0 Å². The number of sulfonamides is 1. The van der Waals surface area contributed by atoms with Crippen LogP contribution in [0.15, 0.2) is 47.6 Å². The third-order valence-electron chi connectivity index (χ3n) is 2.25. The molecule has 1 aromatic carbocycles. The second-order valence-corrected chi connectivity index (χ2v) is 5.25. The van der Waals surface area contributed by atoms with Crippen LogP contribution in [0.5, 0.6) is 0 Å². The molecule has 0 unspecified atom stereocenters. The average molecular weight is 261 g/mol. The molecule has 0 aliphatic heterocycles. The van der Waals surface area contributed by atoms with Crippen LogP contribution in [0.1, 0.15) is 0 Å². The molecule has 6 heteroatoms. The Labute approximate surface area is 106 Å². The van der Waals surface area contributed by atoms with Crippen molar-refractivity contribution >= 4 is 10.0 Å². The van der Waals surface area contributed by atoms with Crippen molar-refractivity contribution in [2.24, 2.45) is 0 Å². The quantitative estimate of drug-likeness (QED) is 0.827. The molecule has 0 saturated carbocycles. The van der Waals surface area contributed by atoms with E-state index in [2.05, 4.69) is 15.7 Å². The fourth-order valence-electron chi connectivity index (χ4n) is 1.39. The lowest BCUT2D eigenvalue weighted by Crippen LogP contribution is -2.23. The lowest BCUT2D eigenvalue weighted by atomic mass is 10.3. The summed E-state index contributed by atoms with van der Waals surface area (Å²) in [4.78, 5) is 0.0848. The number of rotatable bonds is 4. The van der Waals surface area contributed by atoms with Gasteiger partial charge in [-0.15, -0.1) is 6.42 Å². The minimum absolute atomic E-state index is 0.0428. The van der Waals surface area contributed by atoms with Crippen molar-refractivity contribution in [1.82, 2.24) is 14.5 Å². The summed E-state index contributed by atoms with van der Waals surface area (Å²) >= 11 is 0. The molecule has 0 spiro atoms. The van der Waals surface area contributed by atoms with Gasteiger partial charge in [0.15, 0.2) is 0 Å². The maximum Gasteiger partial charge on any atom is 0.244 e. The van der Waals surface area contributed by atoms with Crippen molar-refractivity contribution in [3.63, 3.8) is 0 Å². The van der Waals surface area contributed by atoms with E-state index in [0.29, 0.717) is 0 Å². The highest BCUT2D eigenvalue weighted by molar-refractivity contribution is 7.89. The molecule has 18 heavy (non-hydrogen) atoms. The first-order valence-corrected chi connectivity index (χ1v) is 6.65. The lowest BCUT2D eigenvalue weighted by molar-refractivity contribution is 0.586. The Morgan fingerprint density at radius 3 is 2.72 bits per heavy atom. The summed E-state index contributed by atoms with van der Waals surface area (Å²) in [6.07, 6.45) is 7.73. The summed E-state index contributed by atoms with van der Waals surface area (Å²) in [5, 5.41) is 4.01. The summed E-state index contributed by atoms with van der Waals surface area (Å²) in [5.74, 6) is 2.21. The van der Waals surface area contributed by atoms with Crippen LogP contribution in [0.25, 0.3) is 5.69 Å². The molecule has 0 aliphatic carbocycles. The smallest absolute Gasteiger partial charge is 0.240 e. The van der Waals surface area contributed by atoms with Gasteiger partial charge in [0.2, 0.25) is 10.0 Å². The number of nitrogens with one attached hydrogen (secondary N) is 1. The Hall–Kier alpha value is -2.10. The molecule has 0 bridgehead atoms. The molecule has 0 amide bonds. The van der Waals surface area contributed by atoms with Crippen molar-refractivity contribution in [2.75, 3.05) is 6.54 Å². The maximum absolute atomic E-state index is 11.8. The van der Waals surface area contributed by atoms with E-state index >= 15 is 0 Å². The molecule has 0 aliphatic rings. The predicted octanol–water partition coefficient (Wildman–Crippen LogP) is 0.784. The Balaban J connectivity index is 2.29. The number of benzene rings is 1. The Kier molecular flexibility index (Phi) is 3.46. The highest BCUT2D eigenvalue weighted by atomic mass is 32.2. The van der Waals surface area contributed by atoms with Crippen LogP contribution in [0.4, 0.5) is 0 Å². The molecule has 2 rings (SSSR count). The monoisotopic (exact) mass is 261 g/mol. The molecule has 0 radical (unpaired) electrons. The highest BCUT2D eigenvalue weighted by Crippen LogP contribution is 2.11. The fourth-order valence-corrected chi connectivity index (χ4v) is 2.25. The summed E-state index contributed by atoms with van der Waals surface area (Å²) in [6, 6.07) is 9.24. The van der Waals surface area contributed by atoms with Gasteiger partial charge in [-0.2, -0.15) is 9.82 Å². The Morgan fingerprint density at radius 2 is 2.06 bits per heavy atom. The molecular weight excluding hydrogens is 250 g/mol. The van der Waals surface area contributed by atoms with Gasteiger partial charge < -0.3 is 0 Å². The van der Waals surface area contributed by atoms with Gasteiger partial charge in [-0.05, 0) is 12.1 Å². The molecular formula is C12H11N3O2S. The molecule has 0 fully saturated rings. The van der Waals surface area contributed by atoms with E-state index in [1.165, 1.54) is 17.1 Å². The summed E-state index contributed by atoms with van der Waals surface area (Å²) in [7, 11) is -3.59. The van der Waals surface area contributed by atoms with Crippen molar-refractivity contribution in [1.29, 1.82) is 0 Å². The number of hydrogen-bond acceptors (Lipinski definition) is 3. The molecule has 92 valence electrons. The van der Waals surface area contributed by atoms with Crippen molar-refractivity contribution in [3.05, 3.63) is 42.7 Å². The SMILES string of the molecule is C#CCNS(=O)(=O)c1cnn(-c2ccccc2)c1. The minimum Gasteiger partial charge on any atom is -0.240 e. The van der Waals surface area contributed by atoms with Gasteiger partial charge in [0.1, 0.15) is 4.90 Å². The number of aromatic nitrogens is 2. The average Bonchev–Trinajstić information content (AvgIpc) is 2.88. The normalized spacial score (nSPS) is 11.1. The molecule has 1 heterocycles. The first kappa shape index (κ1) is 12.4. The van der Waals surface area contributed by atoms with E-state index in [9.17, 15) is 8.42 Å². The summed E-state index contributed by atoms with van der Waals surface area (Å²) in [5.41, 5.74) is 0.788. The van der Waals surface area contributed by atoms with Gasteiger partial charge >= 0.3 is 0 Å². The van der Waals surface area contributed by atoms with Crippen LogP contribution >= 0.6 is 0 Å². The van der Waals surface area contributed by atoms with Crippen LogP contribution in [0, 0.1) is 12.3 Å². The van der Waals surface area contributed by atoms with Crippen molar-refractivity contribution in [2.45, 2.75) is 4.90 Å². The molecule has 0 atom stereocenters. The third kappa shape index (κ3) is 2.59. The van der Waals surface area contributed by atoms with Gasteiger partial charge in [-0.3, -0.25) is 0 Å². The van der Waals surface area contributed by atoms with Crippen LogP contribution < -0.4 is 4.72 Å². The second-order valence-electron chi connectivity index (χ2n) is 3.48. The molecule has 2 aromatic rings. The van der Waals surface area contributed by atoms with E-state index < -0.39 is 10.0 Å². The van der Waals surface area contributed by atoms with Crippen molar-refractivity contribution < 1.29 is 8.42 Å². The fraction of sp³-hybridized carbons (Fsp3) is 0.0833. The van der Waals surface area contributed by atoms with E-state index in [-0.39, 0.29) is 11.4 Å². The van der Waals surface area contributed by atoms with Crippen LogP contribution in [-0.2, 0) is 10.0 Å². The van der Waals surface area contributed by atoms with Gasteiger partial charge in [0.25, 0.3) is 0 Å². The van der Waals surface area contributed by atoms with Gasteiger partial charge in [-0.25, -0.2) is 13.1 Å². The van der Waals surface area contributed by atoms with Crippen LogP contribution in [-0.4, -0.2) is 24.7 Å². The number of terminal acetylenes is 1. The summed E-state index contributed by atoms with van der Waals surface area (Å²) < 4.78 is 27.3. The Morgan fingerprint density at radius 1 is 1.33 bits per heavy atom. The second kappa shape index (κ2) is 5.04. The maximum atomic E-state index is 11.8. The number of para-hydroxylation sites is 1. The number of nitrogens with zero attached hydrogens (tertiary/aromatic N) is 2. The first-order valence-electron chi connectivity index (χ1n) is 5.17. The predicted molar refractivity (Wildman–Crippen MR) is 67.6 cm³/mol. The first-order chi connectivity index (χ1) is 8.63. The zero-order valence-electron chi connectivity index (χ0n) is 9.45. The van der Waals surface area contributed by atoms with E-state index in [1.807, 2.05) is 30.3 Å². The Bertz CT molecular complexity index is 669. The van der Waals surface area contributed by atoms with E-state index in [4.69, 9.17) is 6.42 Å². The van der Waals surface area contributed by atoms with Gasteiger partial charge in [-0.1, -0.05) is 24.1 Å². The largest absolute Gasteiger partial charge is 0.244 e.